The molecule has 0 radical (unpaired) electrons. The van der Waals surface area contributed by atoms with Crippen molar-refractivity contribution in [1.29, 1.82) is 0 Å². The fourth-order valence-corrected chi connectivity index (χ4v) is 2.92. The third-order valence-electron chi connectivity index (χ3n) is 4.13. The Kier molecular flexibility index (Phi) is 5.72. The van der Waals surface area contributed by atoms with Crippen molar-refractivity contribution in [2.24, 2.45) is 0 Å². The number of nitrogens with one attached hydrogen (secondary N) is 1. The molecule has 3 rings (SSSR count). The summed E-state index contributed by atoms with van der Waals surface area (Å²) in [6.45, 7) is 1.68. The van der Waals surface area contributed by atoms with E-state index >= 15 is 0 Å². The number of rotatable bonds is 6. The van der Waals surface area contributed by atoms with Gasteiger partial charge in [0.05, 0.1) is 24.9 Å². The first kappa shape index (κ1) is 18.9. The second-order valence-corrected chi connectivity index (χ2v) is 6.35. The normalized spacial score (nSPS) is 11.7. The van der Waals surface area contributed by atoms with Crippen LogP contribution in [-0.2, 0) is 4.79 Å². The maximum Gasteiger partial charge on any atom is 0.265 e. The first-order chi connectivity index (χ1) is 13.0. The lowest BCUT2D eigenvalue weighted by Gasteiger charge is -2.17. The number of amides is 1. The van der Waals surface area contributed by atoms with Crippen molar-refractivity contribution >= 4 is 34.0 Å². The highest BCUT2D eigenvalue weighted by molar-refractivity contribution is 6.32. The zero-order valence-corrected chi connectivity index (χ0v) is 16.0. The molecule has 0 unspecified atom stereocenters. The van der Waals surface area contributed by atoms with Crippen LogP contribution in [0.3, 0.4) is 0 Å². The van der Waals surface area contributed by atoms with Gasteiger partial charge in [-0.1, -0.05) is 41.9 Å². The highest BCUT2D eigenvalue weighted by Gasteiger charge is 2.18. The molecule has 140 valence electrons. The third-order valence-corrected chi connectivity index (χ3v) is 4.43. The van der Waals surface area contributed by atoms with E-state index in [1.807, 2.05) is 42.5 Å². The quantitative estimate of drug-likeness (QED) is 0.654. The molecule has 0 saturated carbocycles. The second-order valence-electron chi connectivity index (χ2n) is 5.95. The van der Waals surface area contributed by atoms with Crippen LogP contribution < -0.4 is 19.5 Å². The summed E-state index contributed by atoms with van der Waals surface area (Å²) >= 11 is 6.09. The largest absolute Gasteiger partial charge is 0.495 e. The van der Waals surface area contributed by atoms with Crippen molar-refractivity contribution in [2.45, 2.75) is 13.0 Å². The number of anilines is 1. The molecule has 0 aromatic heterocycles. The van der Waals surface area contributed by atoms with Crippen LogP contribution in [0.15, 0.2) is 54.6 Å². The van der Waals surface area contributed by atoms with E-state index in [-0.39, 0.29) is 5.91 Å². The van der Waals surface area contributed by atoms with Crippen molar-refractivity contribution in [3.05, 3.63) is 59.6 Å². The van der Waals surface area contributed by atoms with Gasteiger partial charge in [0.25, 0.3) is 5.91 Å². The molecule has 1 N–H and O–H groups in total. The summed E-state index contributed by atoms with van der Waals surface area (Å²) in [6, 6.07) is 16.9. The number of fused-ring (bicyclic) bond motifs is 1. The fourth-order valence-electron chi connectivity index (χ4n) is 2.69. The van der Waals surface area contributed by atoms with Gasteiger partial charge in [0.15, 0.2) is 6.10 Å². The lowest BCUT2D eigenvalue weighted by molar-refractivity contribution is -0.122. The molecule has 0 saturated heterocycles. The van der Waals surface area contributed by atoms with Crippen molar-refractivity contribution in [1.82, 2.24) is 0 Å². The average molecular weight is 386 g/mol. The molecule has 0 spiro atoms. The van der Waals surface area contributed by atoms with Gasteiger partial charge in [-0.15, -0.1) is 0 Å². The summed E-state index contributed by atoms with van der Waals surface area (Å²) in [5, 5.41) is 5.35. The number of carbonyl (C=O) groups is 1. The predicted octanol–water partition coefficient (Wildman–Crippen LogP) is 4.92. The average Bonchev–Trinajstić information content (AvgIpc) is 2.68. The summed E-state index contributed by atoms with van der Waals surface area (Å²) in [4.78, 5) is 12.6. The van der Waals surface area contributed by atoms with Crippen LogP contribution in [0.1, 0.15) is 6.92 Å². The van der Waals surface area contributed by atoms with Gasteiger partial charge in [-0.2, -0.15) is 0 Å². The van der Waals surface area contributed by atoms with Gasteiger partial charge in [0, 0.05) is 12.1 Å². The monoisotopic (exact) mass is 385 g/mol. The summed E-state index contributed by atoms with van der Waals surface area (Å²) in [6.07, 6.45) is -0.711. The standard InChI is InChI=1S/C21H20ClNO4/c1-13(27-16-9-8-14-6-4-5-7-15(14)10-16)21(24)23-18-12-19(25-2)17(22)11-20(18)26-3/h4-13H,1-3H3,(H,23,24)/t13-/m0/s1. The van der Waals surface area contributed by atoms with E-state index in [4.69, 9.17) is 25.8 Å². The minimum Gasteiger partial charge on any atom is -0.495 e. The van der Waals surface area contributed by atoms with Gasteiger partial charge in [-0.25, -0.2) is 0 Å². The highest BCUT2D eigenvalue weighted by Crippen LogP contribution is 2.36. The molecule has 3 aromatic carbocycles. The Balaban J connectivity index is 1.75. The van der Waals surface area contributed by atoms with Crippen LogP contribution in [0.4, 0.5) is 5.69 Å². The van der Waals surface area contributed by atoms with E-state index in [0.29, 0.717) is 28.0 Å². The molecule has 0 aliphatic carbocycles. The minimum absolute atomic E-state index is 0.314. The molecule has 0 aliphatic heterocycles. The zero-order chi connectivity index (χ0) is 19.4. The molecular formula is C21H20ClNO4. The molecule has 6 heteroatoms. The smallest absolute Gasteiger partial charge is 0.265 e. The lowest BCUT2D eigenvalue weighted by atomic mass is 10.1. The minimum atomic E-state index is -0.711. The predicted molar refractivity (Wildman–Crippen MR) is 107 cm³/mol. The highest BCUT2D eigenvalue weighted by atomic mass is 35.5. The van der Waals surface area contributed by atoms with E-state index in [1.54, 1.807) is 19.1 Å². The Morgan fingerprint density at radius 1 is 0.963 bits per heavy atom. The van der Waals surface area contributed by atoms with Crippen LogP contribution in [0.2, 0.25) is 5.02 Å². The molecule has 0 fully saturated rings. The van der Waals surface area contributed by atoms with Crippen LogP contribution in [-0.4, -0.2) is 26.2 Å². The van der Waals surface area contributed by atoms with Gasteiger partial charge in [0.1, 0.15) is 17.2 Å². The van der Waals surface area contributed by atoms with Crippen molar-refractivity contribution in [3.8, 4) is 17.2 Å². The second kappa shape index (κ2) is 8.18. The maximum absolute atomic E-state index is 12.6. The molecule has 1 atom stereocenters. The maximum atomic E-state index is 12.6. The van der Waals surface area contributed by atoms with Crippen molar-refractivity contribution < 1.29 is 19.0 Å². The van der Waals surface area contributed by atoms with E-state index in [9.17, 15) is 4.79 Å². The Labute approximate surface area is 162 Å². The molecule has 3 aromatic rings. The Bertz CT molecular complexity index is 974. The summed E-state index contributed by atoms with van der Waals surface area (Å²) in [5.41, 5.74) is 0.456. The SMILES string of the molecule is COc1cc(NC(=O)[C@H](C)Oc2ccc3ccccc3c2)c(OC)cc1Cl. The summed E-state index contributed by atoms with van der Waals surface area (Å²) < 4.78 is 16.3. The van der Waals surface area contributed by atoms with E-state index < -0.39 is 6.10 Å². The van der Waals surface area contributed by atoms with Crippen LogP contribution in [0.25, 0.3) is 10.8 Å². The van der Waals surface area contributed by atoms with Crippen molar-refractivity contribution in [3.63, 3.8) is 0 Å². The number of benzene rings is 3. The molecule has 5 nitrogen and oxygen atoms in total. The third kappa shape index (κ3) is 4.26. The Morgan fingerprint density at radius 3 is 2.37 bits per heavy atom. The first-order valence-electron chi connectivity index (χ1n) is 8.39. The molecule has 0 aliphatic rings. The van der Waals surface area contributed by atoms with E-state index in [2.05, 4.69) is 5.32 Å². The van der Waals surface area contributed by atoms with Crippen LogP contribution in [0.5, 0.6) is 17.2 Å². The Morgan fingerprint density at radius 2 is 1.67 bits per heavy atom. The fraction of sp³-hybridized carbons (Fsp3) is 0.190. The van der Waals surface area contributed by atoms with Gasteiger partial charge in [-0.3, -0.25) is 4.79 Å². The number of hydrogen-bond acceptors (Lipinski definition) is 4. The number of ether oxygens (including phenoxy) is 3. The molecule has 1 amide bonds. The van der Waals surface area contributed by atoms with Gasteiger partial charge in [-0.05, 0) is 29.8 Å². The van der Waals surface area contributed by atoms with E-state index in [1.165, 1.54) is 14.2 Å². The van der Waals surface area contributed by atoms with Gasteiger partial charge >= 0.3 is 0 Å². The first-order valence-corrected chi connectivity index (χ1v) is 8.77. The van der Waals surface area contributed by atoms with Gasteiger partial charge < -0.3 is 19.5 Å². The van der Waals surface area contributed by atoms with E-state index in [0.717, 1.165) is 10.8 Å². The lowest BCUT2D eigenvalue weighted by Crippen LogP contribution is -2.30. The summed E-state index contributed by atoms with van der Waals surface area (Å²) in [5.74, 6) is 1.19. The number of methoxy groups -OCH3 is 2. The van der Waals surface area contributed by atoms with Crippen molar-refractivity contribution in [2.75, 3.05) is 19.5 Å². The molecule has 27 heavy (non-hydrogen) atoms. The zero-order valence-electron chi connectivity index (χ0n) is 15.3. The molecule has 0 bridgehead atoms. The number of carbonyl (C=O) groups excluding carboxylic acids is 1. The van der Waals surface area contributed by atoms with Crippen LogP contribution in [0, 0.1) is 0 Å². The van der Waals surface area contributed by atoms with Gasteiger partial charge in [0.2, 0.25) is 0 Å². The Hall–Kier alpha value is -2.92. The van der Waals surface area contributed by atoms with Crippen LogP contribution >= 0.6 is 11.6 Å². The summed E-state index contributed by atoms with van der Waals surface area (Å²) in [7, 11) is 3.01. The topological polar surface area (TPSA) is 56.8 Å². The number of hydrogen-bond donors (Lipinski definition) is 1. The molecule has 0 heterocycles. The number of halogens is 1. The molecular weight excluding hydrogens is 366 g/mol.